The fourth-order valence-electron chi connectivity index (χ4n) is 6.28. The summed E-state index contributed by atoms with van der Waals surface area (Å²) in [5.74, 6) is 0.105. The molecule has 5 rings (SSSR count). The number of hydrogen-bond acceptors (Lipinski definition) is 6. The van der Waals surface area contributed by atoms with E-state index in [9.17, 15) is 18.0 Å². The maximum Gasteiger partial charge on any atom is 0.410 e. The smallest absolute Gasteiger partial charge is 0.410 e. The van der Waals surface area contributed by atoms with Gasteiger partial charge >= 0.3 is 6.09 Å². The number of rotatable bonds is 8. The van der Waals surface area contributed by atoms with Crippen LogP contribution in [0, 0.1) is 18.8 Å². The molecule has 1 aromatic rings. The van der Waals surface area contributed by atoms with Crippen molar-refractivity contribution in [3.8, 4) is 0 Å². The Bertz CT molecular complexity index is 1070. The molecule has 1 amide bonds. The summed E-state index contributed by atoms with van der Waals surface area (Å²) in [6, 6.07) is 6.76. The van der Waals surface area contributed by atoms with Crippen LogP contribution in [0.15, 0.2) is 41.8 Å². The monoisotopic (exact) mass is 474 g/mol. The summed E-state index contributed by atoms with van der Waals surface area (Å²) in [5, 5.41) is 0. The predicted octanol–water partition coefficient (Wildman–Crippen LogP) is 2.87. The summed E-state index contributed by atoms with van der Waals surface area (Å²) in [5.41, 5.74) is 0.0971. The van der Waals surface area contributed by atoms with Gasteiger partial charge in [-0.05, 0) is 50.2 Å². The van der Waals surface area contributed by atoms with Gasteiger partial charge in [0.05, 0.1) is 11.5 Å². The Morgan fingerprint density at radius 3 is 2.79 bits per heavy atom. The minimum atomic E-state index is -3.83. The van der Waals surface area contributed by atoms with E-state index in [4.69, 9.17) is 9.47 Å². The number of ketones is 1. The maximum absolute atomic E-state index is 13.6. The summed E-state index contributed by atoms with van der Waals surface area (Å²) in [4.78, 5) is 27.3. The van der Waals surface area contributed by atoms with E-state index in [2.05, 4.69) is 6.58 Å². The van der Waals surface area contributed by atoms with Gasteiger partial charge in [0.2, 0.25) is 10.0 Å². The van der Waals surface area contributed by atoms with Crippen molar-refractivity contribution in [3.05, 3.63) is 42.5 Å². The molecular weight excluding hydrogens is 444 g/mol. The Kier molecular flexibility index (Phi) is 5.61. The Morgan fingerprint density at radius 2 is 2.06 bits per heavy atom. The van der Waals surface area contributed by atoms with Gasteiger partial charge in [-0.15, -0.1) is 6.58 Å². The lowest BCUT2D eigenvalue weighted by atomic mass is 9.71. The predicted molar refractivity (Wildman–Crippen MR) is 120 cm³/mol. The maximum atomic E-state index is 13.6. The van der Waals surface area contributed by atoms with Crippen LogP contribution >= 0.6 is 0 Å². The van der Waals surface area contributed by atoms with Gasteiger partial charge in [0.15, 0.2) is 12.3 Å². The Hall–Kier alpha value is -2.23. The molecule has 1 spiro atoms. The number of ether oxygens (including phenoxy) is 2. The standard InChI is InChI=1S/C24H30N2O6S/c1-3-4-5-6-18(27)13-17-14-25-23(28)32-21-15-31-22-24(21,25)20(17)11-12-26(22)33(29,30)19-9-7-16(2)8-10-19/h3,7-10,17,20-22H,1,4-6,11-15H2,2H3/t17-,20+,21-,22-,24-/m1/s1. The molecule has 9 heteroatoms. The molecule has 0 bridgehead atoms. The van der Waals surface area contributed by atoms with Crippen LogP contribution in [-0.2, 0) is 24.3 Å². The molecule has 4 heterocycles. The number of carbonyl (C=O) groups is 2. The van der Waals surface area contributed by atoms with Crippen LogP contribution in [0.4, 0.5) is 4.79 Å². The topological polar surface area (TPSA) is 93.2 Å². The molecule has 4 aliphatic heterocycles. The number of carbonyl (C=O) groups excluding carboxylic acids is 2. The highest BCUT2D eigenvalue weighted by molar-refractivity contribution is 7.89. The third-order valence-electron chi connectivity index (χ3n) is 7.73. The minimum absolute atomic E-state index is 0.0231. The average Bonchev–Trinajstić information content (AvgIpc) is 3.39. The third kappa shape index (κ3) is 3.35. The zero-order valence-electron chi connectivity index (χ0n) is 18.8. The van der Waals surface area contributed by atoms with Crippen molar-refractivity contribution in [3.63, 3.8) is 0 Å². The molecule has 1 aromatic carbocycles. The van der Waals surface area contributed by atoms with Crippen molar-refractivity contribution >= 4 is 21.9 Å². The van der Waals surface area contributed by atoms with Crippen LogP contribution in [0.25, 0.3) is 0 Å². The number of nitrogens with zero attached hydrogens (tertiary/aromatic N) is 2. The van der Waals surface area contributed by atoms with E-state index in [1.54, 1.807) is 29.2 Å². The van der Waals surface area contributed by atoms with Crippen molar-refractivity contribution in [2.45, 2.75) is 61.8 Å². The minimum Gasteiger partial charge on any atom is -0.441 e. The average molecular weight is 475 g/mol. The van der Waals surface area contributed by atoms with Gasteiger partial charge < -0.3 is 9.47 Å². The number of amides is 1. The summed E-state index contributed by atoms with van der Waals surface area (Å²) >= 11 is 0. The number of piperidine rings is 1. The highest BCUT2D eigenvalue weighted by Gasteiger charge is 2.75. The molecule has 5 atom stereocenters. The Morgan fingerprint density at radius 1 is 1.30 bits per heavy atom. The van der Waals surface area contributed by atoms with Crippen molar-refractivity contribution in [2.24, 2.45) is 11.8 Å². The molecule has 33 heavy (non-hydrogen) atoms. The number of hydrogen-bond donors (Lipinski definition) is 0. The highest BCUT2D eigenvalue weighted by atomic mass is 32.2. The zero-order valence-corrected chi connectivity index (χ0v) is 19.6. The molecule has 4 saturated heterocycles. The second kappa shape index (κ2) is 8.21. The number of allylic oxidation sites excluding steroid dienone is 1. The van der Waals surface area contributed by atoms with Gasteiger partial charge in [-0.1, -0.05) is 23.8 Å². The van der Waals surface area contributed by atoms with Crippen LogP contribution in [-0.4, -0.2) is 67.1 Å². The quantitative estimate of drug-likeness (QED) is 0.425. The van der Waals surface area contributed by atoms with Gasteiger partial charge in [0, 0.05) is 25.9 Å². The van der Waals surface area contributed by atoms with Gasteiger partial charge in [-0.25, -0.2) is 13.2 Å². The van der Waals surface area contributed by atoms with Gasteiger partial charge in [0.25, 0.3) is 0 Å². The molecule has 4 aliphatic rings. The van der Waals surface area contributed by atoms with Crippen LogP contribution in [0.1, 0.15) is 37.7 Å². The SMILES string of the molecule is C=CCCCC(=O)C[C@@H]1CN2C(=O)O[C@@H]3CO[C@H]4N(S(=O)(=O)c5ccc(C)cc5)CC[C@@H]1[C@@]342. The number of sulfonamides is 1. The Labute approximate surface area is 194 Å². The summed E-state index contributed by atoms with van der Waals surface area (Å²) in [7, 11) is -3.83. The van der Waals surface area contributed by atoms with Gasteiger partial charge in [0.1, 0.15) is 11.3 Å². The summed E-state index contributed by atoms with van der Waals surface area (Å²) in [6.07, 6.45) is 3.02. The number of benzene rings is 1. The van der Waals surface area contributed by atoms with E-state index < -0.39 is 34.0 Å². The van der Waals surface area contributed by atoms with Gasteiger partial charge in [-0.3, -0.25) is 9.69 Å². The third-order valence-corrected chi connectivity index (χ3v) is 9.59. The lowest BCUT2D eigenvalue weighted by Gasteiger charge is -2.47. The molecule has 0 unspecified atom stereocenters. The lowest BCUT2D eigenvalue weighted by molar-refractivity contribution is -0.121. The highest BCUT2D eigenvalue weighted by Crippen LogP contribution is 2.58. The number of Topliss-reactive ketones (excluding diaryl/α,β-unsaturated/α-hetero) is 1. The lowest BCUT2D eigenvalue weighted by Crippen LogP contribution is -2.66. The Balaban J connectivity index is 1.45. The first-order valence-electron chi connectivity index (χ1n) is 11.6. The molecule has 0 aromatic heterocycles. The van der Waals surface area contributed by atoms with Crippen molar-refractivity contribution in [1.29, 1.82) is 0 Å². The number of unbranched alkanes of at least 4 members (excludes halogenated alkanes) is 1. The summed E-state index contributed by atoms with van der Waals surface area (Å²) < 4.78 is 40.3. The fourth-order valence-corrected chi connectivity index (χ4v) is 7.86. The van der Waals surface area contributed by atoms with Gasteiger partial charge in [-0.2, -0.15) is 4.31 Å². The molecule has 4 fully saturated rings. The van der Waals surface area contributed by atoms with Crippen molar-refractivity contribution in [1.82, 2.24) is 9.21 Å². The molecule has 178 valence electrons. The van der Waals surface area contributed by atoms with Crippen LogP contribution in [0.3, 0.4) is 0 Å². The van der Waals surface area contributed by atoms with Crippen LogP contribution in [0.2, 0.25) is 0 Å². The number of aryl methyl sites for hydroxylation is 1. The first-order chi connectivity index (χ1) is 15.8. The van der Waals surface area contributed by atoms with E-state index in [-0.39, 0.29) is 35.7 Å². The van der Waals surface area contributed by atoms with E-state index in [1.807, 2.05) is 13.0 Å². The van der Waals surface area contributed by atoms with E-state index in [0.29, 0.717) is 25.8 Å². The van der Waals surface area contributed by atoms with Crippen molar-refractivity contribution in [2.75, 3.05) is 19.7 Å². The van der Waals surface area contributed by atoms with E-state index >= 15 is 0 Å². The molecule has 8 nitrogen and oxygen atoms in total. The van der Waals surface area contributed by atoms with E-state index in [0.717, 1.165) is 18.4 Å². The summed E-state index contributed by atoms with van der Waals surface area (Å²) in [6.45, 7) is 6.44. The molecule has 0 aliphatic carbocycles. The fraction of sp³-hybridized carbons (Fsp3) is 0.583. The van der Waals surface area contributed by atoms with Crippen LogP contribution < -0.4 is 0 Å². The normalized spacial score (nSPS) is 33.0. The molecule has 0 N–H and O–H groups in total. The zero-order chi connectivity index (χ0) is 23.4. The molecule has 0 saturated carbocycles. The largest absolute Gasteiger partial charge is 0.441 e. The second-order valence-corrected chi connectivity index (χ2v) is 11.5. The first kappa shape index (κ1) is 22.6. The second-order valence-electron chi connectivity index (χ2n) is 9.56. The first-order valence-corrected chi connectivity index (χ1v) is 13.0. The molecular formula is C24H30N2O6S. The molecule has 0 radical (unpaired) electrons. The van der Waals surface area contributed by atoms with E-state index in [1.165, 1.54) is 4.31 Å². The van der Waals surface area contributed by atoms with Crippen molar-refractivity contribution < 1.29 is 27.5 Å². The van der Waals surface area contributed by atoms with Crippen LogP contribution in [0.5, 0.6) is 0 Å².